The Kier molecular flexibility index (Phi) is 6.58. The van der Waals surface area contributed by atoms with E-state index in [2.05, 4.69) is 174 Å². The molecule has 2 heterocycles. The number of rotatable bonds is 4. The summed E-state index contributed by atoms with van der Waals surface area (Å²) in [6.07, 6.45) is -0.296. The van der Waals surface area contributed by atoms with Gasteiger partial charge >= 0.3 is 0 Å². The lowest BCUT2D eigenvalue weighted by atomic mass is 9.66. The van der Waals surface area contributed by atoms with Crippen LogP contribution in [0.5, 0.6) is 11.5 Å². The predicted molar refractivity (Wildman–Crippen MR) is 200 cm³/mol. The third kappa shape index (κ3) is 4.32. The van der Waals surface area contributed by atoms with E-state index in [9.17, 15) is 0 Å². The highest BCUT2D eigenvalue weighted by Gasteiger charge is 2.51. The fourth-order valence-electron chi connectivity index (χ4n) is 8.28. The van der Waals surface area contributed by atoms with Crippen LogP contribution in [0.3, 0.4) is 0 Å². The van der Waals surface area contributed by atoms with Crippen LogP contribution in [-0.4, -0.2) is 5.84 Å². The van der Waals surface area contributed by atoms with Crippen LogP contribution in [0.2, 0.25) is 0 Å². The van der Waals surface area contributed by atoms with Crippen LogP contribution in [0, 0.1) is 0 Å². The predicted octanol–water partition coefficient (Wildman–Crippen LogP) is 10.2. The van der Waals surface area contributed by atoms with Gasteiger partial charge in [0.2, 0.25) is 0 Å². The molecule has 2 N–H and O–H groups in total. The van der Waals surface area contributed by atoms with Crippen molar-refractivity contribution in [2.24, 2.45) is 4.99 Å². The summed E-state index contributed by atoms with van der Waals surface area (Å²) < 4.78 is 6.53. The van der Waals surface area contributed by atoms with Gasteiger partial charge in [0, 0.05) is 16.7 Å². The lowest BCUT2D eigenvalue weighted by Crippen LogP contribution is -2.44. The number of amidine groups is 1. The molecule has 0 amide bonds. The molecule has 4 nitrogen and oxygen atoms in total. The van der Waals surface area contributed by atoms with Crippen LogP contribution in [-0.2, 0) is 5.41 Å². The van der Waals surface area contributed by atoms with Gasteiger partial charge in [-0.15, -0.1) is 0 Å². The van der Waals surface area contributed by atoms with Crippen molar-refractivity contribution in [1.82, 2.24) is 10.6 Å². The highest BCUT2D eigenvalue weighted by Crippen LogP contribution is 2.63. The Morgan fingerprint density at radius 3 is 1.76 bits per heavy atom. The Morgan fingerprint density at radius 2 is 1.04 bits per heavy atom. The lowest BCUT2D eigenvalue weighted by molar-refractivity contribution is 0.409. The lowest BCUT2D eigenvalue weighted by Gasteiger charge is -2.39. The van der Waals surface area contributed by atoms with Gasteiger partial charge in [0.1, 0.15) is 29.7 Å². The van der Waals surface area contributed by atoms with Crippen LogP contribution >= 0.6 is 0 Å². The first-order valence-corrected chi connectivity index (χ1v) is 17.2. The molecule has 0 bridgehead atoms. The average molecular weight is 644 g/mol. The Hall–Kier alpha value is -6.23. The van der Waals surface area contributed by atoms with Crippen LogP contribution in [0.1, 0.15) is 51.3 Å². The van der Waals surface area contributed by atoms with E-state index in [4.69, 9.17) is 9.73 Å². The van der Waals surface area contributed by atoms with E-state index in [0.29, 0.717) is 0 Å². The first kappa shape index (κ1) is 28.8. The van der Waals surface area contributed by atoms with Gasteiger partial charge < -0.3 is 10.1 Å². The quantitative estimate of drug-likeness (QED) is 0.201. The van der Waals surface area contributed by atoms with Gasteiger partial charge in [-0.3, -0.25) is 5.32 Å². The molecule has 10 rings (SSSR count). The second kappa shape index (κ2) is 11.4. The number of ether oxygens (including phenoxy) is 1. The van der Waals surface area contributed by atoms with Gasteiger partial charge in [0.05, 0.1) is 5.41 Å². The molecule has 7 aromatic carbocycles. The van der Waals surface area contributed by atoms with E-state index >= 15 is 0 Å². The minimum atomic E-state index is -0.483. The molecule has 2 atom stereocenters. The van der Waals surface area contributed by atoms with Gasteiger partial charge in [0.25, 0.3) is 0 Å². The normalized spacial score (nSPS) is 17.7. The minimum absolute atomic E-state index is 0.123. The highest BCUT2D eigenvalue weighted by molar-refractivity contribution is 6.00. The number of para-hydroxylation sites is 2. The number of fused-ring (bicyclic) bond motifs is 9. The van der Waals surface area contributed by atoms with Crippen LogP contribution in [0.15, 0.2) is 181 Å². The van der Waals surface area contributed by atoms with E-state index in [1.165, 1.54) is 44.5 Å². The van der Waals surface area contributed by atoms with Crippen molar-refractivity contribution in [3.05, 3.63) is 215 Å². The molecule has 1 aliphatic carbocycles. The van der Waals surface area contributed by atoms with Gasteiger partial charge in [-0.25, -0.2) is 4.99 Å². The van der Waals surface area contributed by atoms with Crippen molar-refractivity contribution in [3.8, 4) is 33.8 Å². The highest BCUT2D eigenvalue weighted by atomic mass is 16.5. The summed E-state index contributed by atoms with van der Waals surface area (Å²) in [6, 6.07) is 62.6. The number of nitrogens with zero attached hydrogens (tertiary/aromatic N) is 1. The molecule has 0 fully saturated rings. The number of hydrogen-bond acceptors (Lipinski definition) is 4. The molecule has 3 aliphatic rings. The Balaban J connectivity index is 1.09. The molecule has 0 aromatic heterocycles. The minimum Gasteiger partial charge on any atom is -0.457 e. The monoisotopic (exact) mass is 643 g/mol. The van der Waals surface area contributed by atoms with Crippen molar-refractivity contribution in [2.75, 3.05) is 0 Å². The summed E-state index contributed by atoms with van der Waals surface area (Å²) in [4.78, 5) is 5.08. The van der Waals surface area contributed by atoms with Crippen molar-refractivity contribution < 1.29 is 4.74 Å². The van der Waals surface area contributed by atoms with Gasteiger partial charge in [-0.05, 0) is 56.6 Å². The molecule has 50 heavy (non-hydrogen) atoms. The average Bonchev–Trinajstić information content (AvgIpc) is 3.49. The molecule has 0 saturated heterocycles. The molecule has 0 saturated carbocycles. The fraction of sp³-hybridized carbons (Fsp3) is 0.0652. The molecule has 2 unspecified atom stereocenters. The molecular weight excluding hydrogens is 611 g/mol. The zero-order valence-electron chi connectivity index (χ0n) is 27.3. The van der Waals surface area contributed by atoms with Crippen LogP contribution in [0.25, 0.3) is 22.3 Å². The van der Waals surface area contributed by atoms with E-state index in [0.717, 1.165) is 34.0 Å². The molecule has 7 aromatic rings. The van der Waals surface area contributed by atoms with E-state index in [1.54, 1.807) is 0 Å². The summed E-state index contributed by atoms with van der Waals surface area (Å²) in [5.74, 6) is 2.69. The molecule has 2 aliphatic heterocycles. The SMILES string of the molecule is c1ccc(C2=NC(c3ccccc3)NC(c3ccc(-c4cccc5c4-c4ccccc4C54c5ccccc5Oc5ccccc54)cc3)N2)cc1. The summed E-state index contributed by atoms with van der Waals surface area (Å²) in [6.45, 7) is 0. The zero-order valence-corrected chi connectivity index (χ0v) is 27.3. The number of hydrogen-bond donors (Lipinski definition) is 2. The fourth-order valence-corrected chi connectivity index (χ4v) is 8.28. The summed E-state index contributed by atoms with van der Waals surface area (Å²) in [7, 11) is 0. The number of aliphatic imine (C=N–C) groups is 1. The molecular formula is C46H33N3O. The van der Waals surface area contributed by atoms with Crippen molar-refractivity contribution >= 4 is 5.84 Å². The first-order chi connectivity index (χ1) is 24.8. The molecule has 1 spiro atoms. The third-order valence-electron chi connectivity index (χ3n) is 10.5. The summed E-state index contributed by atoms with van der Waals surface area (Å²) in [5, 5.41) is 7.43. The zero-order chi connectivity index (χ0) is 33.1. The molecule has 4 heteroatoms. The van der Waals surface area contributed by atoms with E-state index in [-0.39, 0.29) is 12.3 Å². The van der Waals surface area contributed by atoms with Crippen molar-refractivity contribution in [2.45, 2.75) is 17.7 Å². The van der Waals surface area contributed by atoms with E-state index in [1.807, 2.05) is 12.1 Å². The van der Waals surface area contributed by atoms with Crippen molar-refractivity contribution in [1.29, 1.82) is 0 Å². The Labute approximate surface area is 291 Å². The third-order valence-corrected chi connectivity index (χ3v) is 10.5. The largest absolute Gasteiger partial charge is 0.457 e. The standard InChI is InChI=1S/C46H33N3O/c1-3-14-31(15-4-1)43-47-44(32-16-5-2-6-17-32)49-45(48-43)33-28-26-30(27-29-33)34-19-13-23-39-42(34)35-18-7-8-20-36(35)46(39)37-21-9-11-24-40(37)50-41-25-12-10-22-38(41)46/h1-29,43,45,48H,(H,47,49). The number of benzene rings is 7. The van der Waals surface area contributed by atoms with Gasteiger partial charge in [0.15, 0.2) is 0 Å². The maximum Gasteiger partial charge on any atom is 0.132 e. The van der Waals surface area contributed by atoms with Gasteiger partial charge in [-0.1, -0.05) is 164 Å². The Bertz CT molecular complexity index is 2370. The smallest absolute Gasteiger partial charge is 0.132 e. The Morgan fingerprint density at radius 1 is 0.460 bits per heavy atom. The van der Waals surface area contributed by atoms with Gasteiger partial charge in [-0.2, -0.15) is 0 Å². The van der Waals surface area contributed by atoms with E-state index < -0.39 is 5.41 Å². The van der Waals surface area contributed by atoms with Crippen molar-refractivity contribution in [3.63, 3.8) is 0 Å². The van der Waals surface area contributed by atoms with Crippen LogP contribution in [0.4, 0.5) is 0 Å². The second-order valence-corrected chi connectivity index (χ2v) is 13.1. The summed E-state index contributed by atoms with van der Waals surface area (Å²) >= 11 is 0. The molecule has 0 radical (unpaired) electrons. The molecule has 238 valence electrons. The number of nitrogens with one attached hydrogen (secondary N) is 2. The summed E-state index contributed by atoms with van der Waals surface area (Å²) in [5.41, 5.74) is 12.7. The maximum atomic E-state index is 6.53. The second-order valence-electron chi connectivity index (χ2n) is 13.1. The maximum absolute atomic E-state index is 6.53. The van der Waals surface area contributed by atoms with Crippen LogP contribution < -0.4 is 15.4 Å². The topological polar surface area (TPSA) is 45.7 Å². The first-order valence-electron chi connectivity index (χ1n) is 17.2.